The Morgan fingerprint density at radius 1 is 0.603 bits per heavy atom. The monoisotopic (exact) mass is 836 g/mol. The molecule has 0 atom stereocenters. The number of pyridine rings is 1. The van der Waals surface area contributed by atoms with Gasteiger partial charge in [0.2, 0.25) is 0 Å². The van der Waals surface area contributed by atoms with Crippen LogP contribution in [0.15, 0.2) is 134 Å². The first kappa shape index (κ1) is 36.2. The van der Waals surface area contributed by atoms with Crippen molar-refractivity contribution in [3.8, 4) is 67.5 Å². The van der Waals surface area contributed by atoms with Crippen LogP contribution in [0.1, 0.15) is 141 Å². The summed E-state index contributed by atoms with van der Waals surface area (Å²) < 4.78 is 56.7. The molecule has 0 saturated carbocycles. The van der Waals surface area contributed by atoms with Gasteiger partial charge in [-0.05, 0) is 146 Å². The van der Waals surface area contributed by atoms with Crippen molar-refractivity contribution in [2.75, 3.05) is 0 Å². The van der Waals surface area contributed by atoms with Gasteiger partial charge in [-0.2, -0.15) is 0 Å². The fraction of sp³-hybridized carbons (Fsp3) is 0.288. The van der Waals surface area contributed by atoms with Crippen molar-refractivity contribution < 1.29 is 13.3 Å². The van der Waals surface area contributed by atoms with Gasteiger partial charge in [0.25, 0.3) is 0 Å². The Bertz CT molecular complexity index is 3230. The summed E-state index contributed by atoms with van der Waals surface area (Å²) in [4.78, 5) is 10.3. The molecule has 0 spiro atoms. The van der Waals surface area contributed by atoms with Crippen molar-refractivity contribution in [2.45, 2.75) is 112 Å². The van der Waals surface area contributed by atoms with Crippen molar-refractivity contribution in [3.05, 3.63) is 167 Å². The minimum Gasteiger partial charge on any atom is -0.507 e. The molecule has 2 aromatic heterocycles. The minimum atomic E-state index is -2.63. The number of phenolic OH excluding ortho intramolecular Hbond substituents is 1. The van der Waals surface area contributed by atoms with Gasteiger partial charge in [0, 0.05) is 25.5 Å². The van der Waals surface area contributed by atoms with Crippen LogP contribution in [-0.2, 0) is 5.41 Å². The van der Waals surface area contributed by atoms with Crippen LogP contribution in [0.3, 0.4) is 0 Å². The van der Waals surface area contributed by atoms with E-state index in [4.69, 9.17) is 18.2 Å². The van der Waals surface area contributed by atoms with Gasteiger partial charge in [0.05, 0.1) is 28.0 Å². The van der Waals surface area contributed by atoms with Crippen LogP contribution in [0.4, 0.5) is 0 Å². The summed E-state index contributed by atoms with van der Waals surface area (Å²) in [6.45, 7) is 18.7. The number of hydrogen-bond acceptors (Lipinski definition) is 3. The lowest BCUT2D eigenvalue weighted by Crippen LogP contribution is -2.11. The first-order valence-corrected chi connectivity index (χ1v) is 22.0. The van der Waals surface area contributed by atoms with E-state index in [9.17, 15) is 5.11 Å². The molecule has 0 amide bonds. The SMILES string of the molecule is [2H]C([2H])([2H])c1cc(-c2c(C(C)C)cccc2C([2H])(C)C)ccc1-n1c(-c2cc(C([2H])(C)C)cc(C([2H])(C)C)c2O)nc2c(-c3cc(-c4cc(-c5ccccc5)ccn4)cc(C(C)(C)C)c3)cccc21. The highest BCUT2D eigenvalue weighted by Crippen LogP contribution is 2.44. The molecule has 0 unspecified atom stereocenters. The third-order valence-corrected chi connectivity index (χ3v) is 12.2. The summed E-state index contributed by atoms with van der Waals surface area (Å²) in [7, 11) is 0. The standard InChI is InChI=1S/C59H63N3O/c1-35(2)43-32-50(38(7)8)57(63)51(33-43)58-61-56-49(44-29-45(31-46(30-44)59(10,11)12)52-34-41(26-27-60-52)40-18-14-13-15-19-40)22-17-23-54(56)62(58)53-25-24-42(28-39(53)9)55-47(36(3)4)20-16-21-48(55)37(5)6/h13-38,63H,1-12H3/i9D3,35D,36D,38D. The van der Waals surface area contributed by atoms with Crippen LogP contribution in [0.5, 0.6) is 5.75 Å². The number of aromatic nitrogens is 3. The molecule has 4 heteroatoms. The molecule has 0 saturated heterocycles. The smallest absolute Gasteiger partial charge is 0.149 e. The molecule has 8 rings (SSSR count). The lowest BCUT2D eigenvalue weighted by atomic mass is 9.83. The Balaban J connectivity index is 1.48. The molecular formula is C59H63N3O. The summed E-state index contributed by atoms with van der Waals surface area (Å²) in [6.07, 6.45) is 1.84. The van der Waals surface area contributed by atoms with Crippen LogP contribution < -0.4 is 0 Å². The Morgan fingerprint density at radius 3 is 2.00 bits per heavy atom. The lowest BCUT2D eigenvalue weighted by Gasteiger charge is -2.22. The number of benzene rings is 6. The van der Waals surface area contributed by atoms with Gasteiger partial charge >= 0.3 is 0 Å². The molecule has 320 valence electrons. The number of aryl methyl sites for hydroxylation is 1. The third-order valence-electron chi connectivity index (χ3n) is 12.2. The summed E-state index contributed by atoms with van der Waals surface area (Å²) in [6, 6.07) is 41.7. The van der Waals surface area contributed by atoms with Crippen molar-refractivity contribution in [3.63, 3.8) is 0 Å². The van der Waals surface area contributed by atoms with Gasteiger partial charge in [-0.15, -0.1) is 0 Å². The summed E-state index contributed by atoms with van der Waals surface area (Å²) in [5.41, 5.74) is 12.5. The predicted octanol–water partition coefficient (Wildman–Crippen LogP) is 16.6. The van der Waals surface area contributed by atoms with E-state index in [-0.39, 0.29) is 34.0 Å². The summed E-state index contributed by atoms with van der Waals surface area (Å²) >= 11 is 0. The maximum atomic E-state index is 12.4. The average molecular weight is 836 g/mol. The van der Waals surface area contributed by atoms with Crippen molar-refractivity contribution >= 4 is 11.0 Å². The molecule has 0 bridgehead atoms. The average Bonchev–Trinajstić information content (AvgIpc) is 3.66. The lowest BCUT2D eigenvalue weighted by molar-refractivity contribution is 0.466. The van der Waals surface area contributed by atoms with Crippen molar-refractivity contribution in [2.24, 2.45) is 0 Å². The number of rotatable bonds is 10. The van der Waals surface area contributed by atoms with E-state index in [0.29, 0.717) is 33.4 Å². The molecular weight excluding hydrogens is 767 g/mol. The molecule has 0 aliphatic heterocycles. The third kappa shape index (κ3) is 8.36. The second kappa shape index (κ2) is 17.1. The Labute approximate surface area is 384 Å². The minimum absolute atomic E-state index is 0.0668. The zero-order valence-electron chi connectivity index (χ0n) is 44.6. The van der Waals surface area contributed by atoms with E-state index in [0.717, 1.165) is 55.8 Å². The van der Waals surface area contributed by atoms with E-state index in [2.05, 4.69) is 71.0 Å². The van der Waals surface area contributed by atoms with Gasteiger partial charge in [-0.1, -0.05) is 155 Å². The molecule has 8 aromatic rings. The molecule has 4 nitrogen and oxygen atoms in total. The maximum absolute atomic E-state index is 12.4. The van der Waals surface area contributed by atoms with Crippen LogP contribution in [0.25, 0.3) is 72.7 Å². The predicted molar refractivity (Wildman–Crippen MR) is 268 cm³/mol. The fourth-order valence-electron chi connectivity index (χ4n) is 8.67. The number of nitrogens with zero attached hydrogens (tertiary/aromatic N) is 3. The molecule has 0 aliphatic rings. The van der Waals surface area contributed by atoms with Crippen LogP contribution in [0.2, 0.25) is 0 Å². The molecule has 0 fully saturated rings. The second-order valence-corrected chi connectivity index (χ2v) is 18.9. The van der Waals surface area contributed by atoms with Crippen LogP contribution in [-0.4, -0.2) is 19.6 Å². The molecule has 0 radical (unpaired) electrons. The Kier molecular flexibility index (Phi) is 9.86. The summed E-state index contributed by atoms with van der Waals surface area (Å²) in [5, 5.41) is 12.4. The highest BCUT2D eigenvalue weighted by atomic mass is 16.3. The van der Waals surface area contributed by atoms with E-state index in [1.165, 1.54) is 0 Å². The number of fused-ring (bicyclic) bond motifs is 1. The highest BCUT2D eigenvalue weighted by molar-refractivity contribution is 5.97. The Morgan fingerprint density at radius 2 is 1.32 bits per heavy atom. The fourth-order valence-corrected chi connectivity index (χ4v) is 8.67. The van der Waals surface area contributed by atoms with Crippen LogP contribution in [0, 0.1) is 6.85 Å². The topological polar surface area (TPSA) is 50.9 Å². The first-order chi connectivity index (χ1) is 32.1. The Hall–Kier alpha value is -6.26. The second-order valence-electron chi connectivity index (χ2n) is 18.9. The van der Waals surface area contributed by atoms with Gasteiger partial charge in [0.15, 0.2) is 0 Å². The highest BCUT2D eigenvalue weighted by Gasteiger charge is 2.26. The maximum Gasteiger partial charge on any atom is 0.149 e. The van der Waals surface area contributed by atoms with Crippen LogP contribution >= 0.6 is 0 Å². The van der Waals surface area contributed by atoms with Gasteiger partial charge in [-0.25, -0.2) is 4.98 Å². The van der Waals surface area contributed by atoms with Gasteiger partial charge < -0.3 is 5.11 Å². The number of phenols is 1. The van der Waals surface area contributed by atoms with E-state index < -0.39 is 24.5 Å². The summed E-state index contributed by atoms with van der Waals surface area (Å²) in [5.74, 6) is -3.18. The normalized spacial score (nSPS) is 14.2. The van der Waals surface area contributed by atoms with Gasteiger partial charge in [0.1, 0.15) is 11.6 Å². The number of hydrogen-bond donors (Lipinski definition) is 1. The number of imidazole rings is 1. The zero-order chi connectivity index (χ0) is 50.2. The quantitative estimate of drug-likeness (QED) is 0.149. The van der Waals surface area contributed by atoms with E-state index >= 15 is 0 Å². The number of para-hydroxylation sites is 1. The van der Waals surface area contributed by atoms with Crippen molar-refractivity contribution in [1.82, 2.24) is 14.5 Å². The van der Waals surface area contributed by atoms with Crippen molar-refractivity contribution in [1.29, 1.82) is 0 Å². The molecule has 0 aliphatic carbocycles. The zero-order valence-corrected chi connectivity index (χ0v) is 38.6. The van der Waals surface area contributed by atoms with E-state index in [1.54, 1.807) is 45.9 Å². The first-order valence-electron chi connectivity index (χ1n) is 25.0. The van der Waals surface area contributed by atoms with Gasteiger partial charge in [-0.3, -0.25) is 9.55 Å². The van der Waals surface area contributed by atoms with E-state index in [1.807, 2.05) is 97.4 Å². The molecule has 1 N–H and O–H groups in total. The molecule has 6 aromatic carbocycles. The number of aromatic hydroxyl groups is 1. The largest absolute Gasteiger partial charge is 0.507 e. The molecule has 63 heavy (non-hydrogen) atoms. The molecule has 2 heterocycles.